The van der Waals surface area contributed by atoms with Crippen molar-refractivity contribution < 1.29 is 4.79 Å². The Morgan fingerprint density at radius 2 is 2.42 bits per heavy atom. The van der Waals surface area contributed by atoms with Crippen molar-refractivity contribution in [1.29, 1.82) is 0 Å². The highest BCUT2D eigenvalue weighted by Crippen LogP contribution is 2.25. The van der Waals surface area contributed by atoms with E-state index in [-0.39, 0.29) is 5.91 Å². The zero-order valence-corrected chi connectivity index (χ0v) is 7.71. The number of amides is 1. The van der Waals surface area contributed by atoms with Gasteiger partial charge in [-0.2, -0.15) is 0 Å². The molecule has 1 aliphatic heterocycles. The van der Waals surface area contributed by atoms with Gasteiger partial charge in [-0.25, -0.2) is 15.8 Å². The number of nitrogens with two attached hydrogens (primary N) is 1. The Bertz CT molecular complexity index is 353. The number of fused-ring (bicyclic) bond motifs is 1. The Hall–Kier alpha value is -0.940. The van der Waals surface area contributed by atoms with Crippen molar-refractivity contribution in [2.75, 3.05) is 5.01 Å². The van der Waals surface area contributed by atoms with Crippen molar-refractivity contribution in [3.8, 4) is 0 Å². The van der Waals surface area contributed by atoms with Gasteiger partial charge < -0.3 is 0 Å². The maximum atomic E-state index is 11.1. The third-order valence-corrected chi connectivity index (χ3v) is 2.18. The largest absolute Gasteiger partial charge is 0.273 e. The van der Waals surface area contributed by atoms with E-state index in [0.717, 1.165) is 15.0 Å². The summed E-state index contributed by atoms with van der Waals surface area (Å²) in [4.78, 5) is 15.1. The standard InChI is InChI=1S/C7H6BrN3O/c8-5-1-4-2-6(12)11(9)7(4)10-3-5/h1,3H,2,9H2. The first-order valence-electron chi connectivity index (χ1n) is 3.40. The van der Waals surface area contributed by atoms with Gasteiger partial charge in [0.1, 0.15) is 0 Å². The Morgan fingerprint density at radius 3 is 3.17 bits per heavy atom. The van der Waals surface area contributed by atoms with Gasteiger partial charge in [-0.1, -0.05) is 0 Å². The molecule has 12 heavy (non-hydrogen) atoms. The Labute approximate surface area is 77.5 Å². The first kappa shape index (κ1) is 7.70. The molecule has 1 amide bonds. The fourth-order valence-corrected chi connectivity index (χ4v) is 1.57. The van der Waals surface area contributed by atoms with Gasteiger partial charge in [0.2, 0.25) is 5.91 Å². The molecule has 0 bridgehead atoms. The lowest BCUT2D eigenvalue weighted by molar-refractivity contribution is -0.117. The lowest BCUT2D eigenvalue weighted by atomic mass is 10.2. The molecule has 4 nitrogen and oxygen atoms in total. The number of carbonyl (C=O) groups excluding carboxylic acids is 1. The topological polar surface area (TPSA) is 59.2 Å². The number of pyridine rings is 1. The molecule has 0 unspecified atom stereocenters. The molecule has 0 radical (unpaired) electrons. The third-order valence-electron chi connectivity index (χ3n) is 1.75. The first-order chi connectivity index (χ1) is 5.68. The molecule has 0 atom stereocenters. The Balaban J connectivity index is 2.54. The molecule has 0 aliphatic carbocycles. The molecule has 1 aromatic heterocycles. The molecule has 2 rings (SSSR count). The van der Waals surface area contributed by atoms with Crippen molar-refractivity contribution >= 4 is 27.7 Å². The summed E-state index contributed by atoms with van der Waals surface area (Å²) in [6.07, 6.45) is 1.97. The van der Waals surface area contributed by atoms with E-state index in [4.69, 9.17) is 5.84 Å². The van der Waals surface area contributed by atoms with Crippen molar-refractivity contribution in [2.24, 2.45) is 5.84 Å². The highest BCUT2D eigenvalue weighted by molar-refractivity contribution is 9.10. The van der Waals surface area contributed by atoms with E-state index in [1.807, 2.05) is 6.07 Å². The molecular formula is C7H6BrN3O. The van der Waals surface area contributed by atoms with E-state index >= 15 is 0 Å². The highest BCUT2D eigenvalue weighted by atomic mass is 79.9. The number of carbonyl (C=O) groups is 1. The van der Waals surface area contributed by atoms with Gasteiger partial charge in [0.25, 0.3) is 0 Å². The minimum absolute atomic E-state index is 0.115. The number of rotatable bonds is 0. The van der Waals surface area contributed by atoms with E-state index in [9.17, 15) is 4.79 Å². The first-order valence-corrected chi connectivity index (χ1v) is 4.20. The lowest BCUT2D eigenvalue weighted by Crippen LogP contribution is -2.34. The summed E-state index contributed by atoms with van der Waals surface area (Å²) in [5, 5.41) is 1.09. The zero-order valence-electron chi connectivity index (χ0n) is 6.12. The molecule has 0 saturated heterocycles. The van der Waals surface area contributed by atoms with E-state index in [1.165, 1.54) is 0 Å². The SMILES string of the molecule is NN1C(=O)Cc2cc(Br)cnc21. The summed E-state index contributed by atoms with van der Waals surface area (Å²) in [7, 11) is 0. The second-order valence-electron chi connectivity index (χ2n) is 2.58. The number of nitrogens with zero attached hydrogens (tertiary/aromatic N) is 2. The second kappa shape index (κ2) is 2.53. The number of hydrogen-bond acceptors (Lipinski definition) is 3. The molecule has 62 valence electrons. The van der Waals surface area contributed by atoms with Crippen molar-refractivity contribution in [3.63, 3.8) is 0 Å². The molecule has 0 saturated carbocycles. The molecular weight excluding hydrogens is 222 g/mol. The molecule has 0 spiro atoms. The van der Waals surface area contributed by atoms with Gasteiger partial charge >= 0.3 is 0 Å². The molecule has 2 heterocycles. The van der Waals surface area contributed by atoms with Crippen molar-refractivity contribution in [3.05, 3.63) is 22.3 Å². The normalized spacial score (nSPS) is 15.2. The van der Waals surface area contributed by atoms with Crippen molar-refractivity contribution in [2.45, 2.75) is 6.42 Å². The summed E-state index contributed by atoms with van der Waals surface area (Å²) >= 11 is 3.27. The van der Waals surface area contributed by atoms with Crippen LogP contribution in [-0.4, -0.2) is 10.9 Å². The van der Waals surface area contributed by atoms with Crippen LogP contribution in [0.3, 0.4) is 0 Å². The fraction of sp³-hybridized carbons (Fsp3) is 0.143. The number of hydrazine groups is 1. The van der Waals surface area contributed by atoms with Crippen LogP contribution in [0, 0.1) is 0 Å². The minimum Gasteiger partial charge on any atom is -0.273 e. The second-order valence-corrected chi connectivity index (χ2v) is 3.49. The maximum absolute atomic E-state index is 11.1. The van der Waals surface area contributed by atoms with E-state index in [1.54, 1.807) is 6.20 Å². The predicted molar refractivity (Wildman–Crippen MR) is 47.3 cm³/mol. The highest BCUT2D eigenvalue weighted by Gasteiger charge is 2.25. The zero-order chi connectivity index (χ0) is 8.72. The predicted octanol–water partition coefficient (Wildman–Crippen LogP) is 0.607. The maximum Gasteiger partial charge on any atom is 0.247 e. The van der Waals surface area contributed by atoms with Gasteiger partial charge in [-0.05, 0) is 22.0 Å². The summed E-state index contributed by atoms with van der Waals surface area (Å²) in [6, 6.07) is 1.85. The lowest BCUT2D eigenvalue weighted by Gasteiger charge is -2.06. The summed E-state index contributed by atoms with van der Waals surface area (Å²) < 4.78 is 0.865. The molecule has 0 fully saturated rings. The number of halogens is 1. The van der Waals surface area contributed by atoms with Crippen molar-refractivity contribution in [1.82, 2.24) is 4.98 Å². The van der Waals surface area contributed by atoms with Crippen LogP contribution in [0.4, 0.5) is 5.82 Å². The smallest absolute Gasteiger partial charge is 0.247 e. The molecule has 1 aliphatic rings. The fourth-order valence-electron chi connectivity index (χ4n) is 1.19. The molecule has 2 N–H and O–H groups in total. The number of anilines is 1. The summed E-state index contributed by atoms with van der Waals surface area (Å²) in [6.45, 7) is 0. The molecule has 5 heteroatoms. The van der Waals surface area contributed by atoms with E-state index < -0.39 is 0 Å². The van der Waals surface area contributed by atoms with Gasteiger partial charge in [0, 0.05) is 16.2 Å². The third kappa shape index (κ3) is 1.02. The quantitative estimate of drug-likeness (QED) is 0.522. The minimum atomic E-state index is -0.115. The van der Waals surface area contributed by atoms with Gasteiger partial charge in [0.05, 0.1) is 6.42 Å². The summed E-state index contributed by atoms with van der Waals surface area (Å²) in [5.41, 5.74) is 0.872. The number of aromatic nitrogens is 1. The average Bonchev–Trinajstić information content (AvgIpc) is 2.28. The van der Waals surface area contributed by atoms with Crippen LogP contribution in [0.2, 0.25) is 0 Å². The van der Waals surface area contributed by atoms with E-state index in [2.05, 4.69) is 20.9 Å². The van der Waals surface area contributed by atoms with Crippen LogP contribution < -0.4 is 10.9 Å². The van der Waals surface area contributed by atoms with Gasteiger partial charge in [0.15, 0.2) is 5.82 Å². The van der Waals surface area contributed by atoms with Crippen LogP contribution in [0.1, 0.15) is 5.56 Å². The van der Waals surface area contributed by atoms with Crippen LogP contribution >= 0.6 is 15.9 Å². The number of hydrogen-bond donors (Lipinski definition) is 1. The van der Waals surface area contributed by atoms with E-state index in [0.29, 0.717) is 12.2 Å². The van der Waals surface area contributed by atoms with Gasteiger partial charge in [-0.3, -0.25) is 4.79 Å². The molecule has 1 aromatic rings. The van der Waals surface area contributed by atoms with Crippen LogP contribution in [-0.2, 0) is 11.2 Å². The molecule has 0 aromatic carbocycles. The van der Waals surface area contributed by atoms with Crippen LogP contribution in [0.15, 0.2) is 16.7 Å². The van der Waals surface area contributed by atoms with Gasteiger partial charge in [-0.15, -0.1) is 0 Å². The monoisotopic (exact) mass is 227 g/mol. The summed E-state index contributed by atoms with van der Waals surface area (Å²) in [5.74, 6) is 5.89. The average molecular weight is 228 g/mol. The Kier molecular flexibility index (Phi) is 1.62. The van der Waals surface area contributed by atoms with Crippen LogP contribution in [0.5, 0.6) is 0 Å². The van der Waals surface area contributed by atoms with Crippen LogP contribution in [0.25, 0.3) is 0 Å². The Morgan fingerprint density at radius 1 is 1.67 bits per heavy atom.